The molecule has 0 bridgehead atoms. The van der Waals surface area contributed by atoms with Gasteiger partial charge in [0.1, 0.15) is 0 Å². The molecule has 0 aliphatic rings. The summed E-state index contributed by atoms with van der Waals surface area (Å²) < 4.78 is 1.71. The third-order valence-corrected chi connectivity index (χ3v) is 3.28. The Hall–Kier alpha value is -3.15. The Labute approximate surface area is 134 Å². The lowest BCUT2D eigenvalue weighted by Gasteiger charge is -2.12. The highest BCUT2D eigenvalue weighted by Gasteiger charge is 2.08. The second kappa shape index (κ2) is 6.74. The van der Waals surface area contributed by atoms with Crippen molar-refractivity contribution in [2.24, 2.45) is 0 Å². The quantitative estimate of drug-likeness (QED) is 0.778. The third kappa shape index (κ3) is 3.74. The fraction of sp³-hybridized carbons (Fsp3) is 0.118. The van der Waals surface area contributed by atoms with E-state index >= 15 is 0 Å². The Morgan fingerprint density at radius 2 is 2.00 bits per heavy atom. The van der Waals surface area contributed by atoms with Gasteiger partial charge in [0.15, 0.2) is 0 Å². The fourth-order valence-corrected chi connectivity index (χ4v) is 2.23. The molecule has 2 aromatic heterocycles. The Kier molecular flexibility index (Phi) is 4.33. The molecule has 23 heavy (non-hydrogen) atoms. The van der Waals surface area contributed by atoms with E-state index in [-0.39, 0.29) is 6.03 Å². The number of benzene rings is 1. The number of hydrogen-bond donors (Lipinski definition) is 2. The first-order valence-electron chi connectivity index (χ1n) is 7.29. The van der Waals surface area contributed by atoms with Crippen LogP contribution in [0, 0.1) is 6.92 Å². The average molecular weight is 307 g/mol. The summed E-state index contributed by atoms with van der Waals surface area (Å²) in [4.78, 5) is 16.5. The number of hydrogen-bond acceptors (Lipinski definition) is 3. The van der Waals surface area contributed by atoms with Crippen LogP contribution in [0.1, 0.15) is 11.4 Å². The average Bonchev–Trinajstić information content (AvgIpc) is 3.08. The molecule has 2 N–H and O–H groups in total. The number of urea groups is 1. The van der Waals surface area contributed by atoms with Crippen LogP contribution in [-0.2, 0) is 6.54 Å². The van der Waals surface area contributed by atoms with Crippen molar-refractivity contribution >= 4 is 11.7 Å². The standard InChI is InChI=1S/C17H17N5O/c1-13-6-4-7-14(20-13)12-18-17(23)21-15-8-2-3-9-16(15)22-11-5-10-19-22/h2-11H,12H2,1H3,(H2,18,21,23). The Bertz CT molecular complexity index is 798. The molecular weight excluding hydrogens is 290 g/mol. The first kappa shape index (κ1) is 14.8. The summed E-state index contributed by atoms with van der Waals surface area (Å²) in [7, 11) is 0. The molecule has 2 amide bonds. The summed E-state index contributed by atoms with van der Waals surface area (Å²) in [5, 5.41) is 9.84. The Morgan fingerprint density at radius 1 is 1.13 bits per heavy atom. The number of rotatable bonds is 4. The van der Waals surface area contributed by atoms with Gasteiger partial charge in [0.2, 0.25) is 0 Å². The van der Waals surface area contributed by atoms with E-state index in [2.05, 4.69) is 20.7 Å². The molecule has 0 aliphatic carbocycles. The van der Waals surface area contributed by atoms with Gasteiger partial charge in [-0.3, -0.25) is 4.98 Å². The highest BCUT2D eigenvalue weighted by Crippen LogP contribution is 2.18. The molecule has 0 aliphatic heterocycles. The van der Waals surface area contributed by atoms with Crippen LogP contribution < -0.4 is 10.6 Å². The van der Waals surface area contributed by atoms with Gasteiger partial charge in [-0.1, -0.05) is 18.2 Å². The molecule has 0 radical (unpaired) electrons. The largest absolute Gasteiger partial charge is 0.332 e. The van der Waals surface area contributed by atoms with Gasteiger partial charge in [-0.2, -0.15) is 5.10 Å². The topological polar surface area (TPSA) is 71.8 Å². The SMILES string of the molecule is Cc1cccc(CNC(=O)Nc2ccccc2-n2cccn2)n1. The van der Waals surface area contributed by atoms with Crippen molar-refractivity contribution in [2.75, 3.05) is 5.32 Å². The van der Waals surface area contributed by atoms with E-state index < -0.39 is 0 Å². The fourth-order valence-electron chi connectivity index (χ4n) is 2.23. The lowest BCUT2D eigenvalue weighted by Crippen LogP contribution is -2.29. The summed E-state index contributed by atoms with van der Waals surface area (Å²) in [6.07, 6.45) is 3.52. The number of carbonyl (C=O) groups is 1. The van der Waals surface area contributed by atoms with Gasteiger partial charge in [-0.05, 0) is 37.3 Å². The van der Waals surface area contributed by atoms with Gasteiger partial charge in [0, 0.05) is 18.1 Å². The van der Waals surface area contributed by atoms with Crippen molar-refractivity contribution < 1.29 is 4.79 Å². The van der Waals surface area contributed by atoms with Gasteiger partial charge in [-0.15, -0.1) is 0 Å². The molecule has 0 saturated heterocycles. The number of amides is 2. The molecule has 0 saturated carbocycles. The molecule has 3 rings (SSSR count). The third-order valence-electron chi connectivity index (χ3n) is 3.28. The van der Waals surface area contributed by atoms with E-state index in [1.54, 1.807) is 10.9 Å². The zero-order chi connectivity index (χ0) is 16.1. The predicted molar refractivity (Wildman–Crippen MR) is 88.4 cm³/mol. The normalized spacial score (nSPS) is 10.3. The van der Waals surface area contributed by atoms with Crippen LogP contribution in [0.15, 0.2) is 60.9 Å². The number of pyridine rings is 1. The van der Waals surface area contributed by atoms with Crippen LogP contribution in [0.25, 0.3) is 5.69 Å². The molecule has 0 spiro atoms. The minimum absolute atomic E-state index is 0.284. The number of para-hydroxylation sites is 2. The lowest BCUT2D eigenvalue weighted by molar-refractivity contribution is 0.251. The molecule has 3 aromatic rings. The first-order chi connectivity index (χ1) is 11.2. The van der Waals surface area contributed by atoms with Crippen molar-refractivity contribution in [3.05, 3.63) is 72.3 Å². The van der Waals surface area contributed by atoms with Crippen molar-refractivity contribution in [1.82, 2.24) is 20.1 Å². The molecule has 116 valence electrons. The van der Waals surface area contributed by atoms with Crippen molar-refractivity contribution in [1.29, 1.82) is 0 Å². The van der Waals surface area contributed by atoms with Gasteiger partial charge in [0.25, 0.3) is 0 Å². The molecule has 2 heterocycles. The van der Waals surface area contributed by atoms with E-state index in [1.165, 1.54) is 0 Å². The predicted octanol–water partition coefficient (Wildman–Crippen LogP) is 2.90. The van der Waals surface area contributed by atoms with Crippen molar-refractivity contribution in [2.45, 2.75) is 13.5 Å². The minimum atomic E-state index is -0.284. The van der Waals surface area contributed by atoms with Gasteiger partial charge in [0.05, 0.1) is 23.6 Å². The molecule has 0 atom stereocenters. The number of aromatic nitrogens is 3. The molecular formula is C17H17N5O. The van der Waals surface area contributed by atoms with E-state index in [0.29, 0.717) is 12.2 Å². The Morgan fingerprint density at radius 3 is 2.78 bits per heavy atom. The summed E-state index contributed by atoms with van der Waals surface area (Å²) in [5.74, 6) is 0. The molecule has 1 aromatic carbocycles. The Balaban J connectivity index is 1.67. The van der Waals surface area contributed by atoms with Crippen LogP contribution >= 0.6 is 0 Å². The number of aryl methyl sites for hydroxylation is 1. The number of nitrogens with zero attached hydrogens (tertiary/aromatic N) is 3. The summed E-state index contributed by atoms with van der Waals surface area (Å²) in [6, 6.07) is 14.8. The number of carbonyl (C=O) groups excluding carboxylic acids is 1. The molecule has 0 unspecified atom stereocenters. The maximum absolute atomic E-state index is 12.1. The van der Waals surface area contributed by atoms with E-state index in [9.17, 15) is 4.79 Å². The van der Waals surface area contributed by atoms with Crippen molar-refractivity contribution in [3.63, 3.8) is 0 Å². The van der Waals surface area contributed by atoms with Crippen LogP contribution in [-0.4, -0.2) is 20.8 Å². The second-order valence-corrected chi connectivity index (χ2v) is 5.05. The van der Waals surface area contributed by atoms with Crippen LogP contribution in [0.2, 0.25) is 0 Å². The zero-order valence-electron chi connectivity index (χ0n) is 12.7. The summed E-state index contributed by atoms with van der Waals surface area (Å²) in [6.45, 7) is 2.29. The van der Waals surface area contributed by atoms with Crippen LogP contribution in [0.5, 0.6) is 0 Å². The van der Waals surface area contributed by atoms with Gasteiger partial charge < -0.3 is 10.6 Å². The van der Waals surface area contributed by atoms with Gasteiger partial charge in [-0.25, -0.2) is 9.48 Å². The monoisotopic (exact) mass is 307 g/mol. The minimum Gasteiger partial charge on any atom is -0.332 e. The first-order valence-corrected chi connectivity index (χ1v) is 7.29. The van der Waals surface area contributed by atoms with Crippen LogP contribution in [0.4, 0.5) is 10.5 Å². The zero-order valence-corrected chi connectivity index (χ0v) is 12.7. The number of anilines is 1. The van der Waals surface area contributed by atoms with Crippen molar-refractivity contribution in [3.8, 4) is 5.69 Å². The van der Waals surface area contributed by atoms with E-state index in [4.69, 9.17) is 0 Å². The molecule has 6 heteroatoms. The smallest absolute Gasteiger partial charge is 0.319 e. The highest BCUT2D eigenvalue weighted by atomic mass is 16.2. The van der Waals surface area contributed by atoms with E-state index in [0.717, 1.165) is 17.1 Å². The van der Waals surface area contributed by atoms with Crippen LogP contribution in [0.3, 0.4) is 0 Å². The lowest BCUT2D eigenvalue weighted by atomic mass is 10.2. The van der Waals surface area contributed by atoms with Gasteiger partial charge >= 0.3 is 6.03 Å². The van der Waals surface area contributed by atoms with E-state index in [1.807, 2.05) is 61.7 Å². The maximum Gasteiger partial charge on any atom is 0.319 e. The highest BCUT2D eigenvalue weighted by molar-refractivity contribution is 5.91. The molecule has 6 nitrogen and oxygen atoms in total. The summed E-state index contributed by atoms with van der Waals surface area (Å²) in [5.41, 5.74) is 3.24. The second-order valence-electron chi connectivity index (χ2n) is 5.05. The number of nitrogens with one attached hydrogen (secondary N) is 2. The summed E-state index contributed by atoms with van der Waals surface area (Å²) >= 11 is 0. The maximum atomic E-state index is 12.1. The molecule has 0 fully saturated rings.